The van der Waals surface area contributed by atoms with Crippen molar-refractivity contribution in [1.82, 2.24) is 0 Å². The predicted molar refractivity (Wildman–Crippen MR) is 92.4 cm³/mol. The van der Waals surface area contributed by atoms with Gasteiger partial charge in [0.25, 0.3) is 0 Å². The van der Waals surface area contributed by atoms with Crippen LogP contribution in [0.25, 0.3) is 0 Å². The molecule has 0 spiro atoms. The molecular weight excluding hydrogens is 384 g/mol. The molecule has 0 saturated carbocycles. The van der Waals surface area contributed by atoms with Crippen LogP contribution in [0.1, 0.15) is 25.0 Å². The molecule has 23 heavy (non-hydrogen) atoms. The molecule has 2 aromatic carbocycles. The van der Waals surface area contributed by atoms with E-state index in [1.165, 1.54) is 7.11 Å². The van der Waals surface area contributed by atoms with Crippen LogP contribution in [0.2, 0.25) is 5.02 Å². The van der Waals surface area contributed by atoms with Crippen molar-refractivity contribution in [2.45, 2.75) is 19.3 Å². The minimum absolute atomic E-state index is 0.0502. The lowest BCUT2D eigenvalue weighted by molar-refractivity contribution is 0.121. The van der Waals surface area contributed by atoms with E-state index < -0.39 is 6.16 Å². The summed E-state index contributed by atoms with van der Waals surface area (Å²) in [6.45, 7) is 4.08. The van der Waals surface area contributed by atoms with Gasteiger partial charge < -0.3 is 14.6 Å². The second-order valence-corrected chi connectivity index (χ2v) is 6.75. The third-order valence-electron chi connectivity index (χ3n) is 3.68. The maximum Gasteiger partial charge on any atom is 0.513 e. The van der Waals surface area contributed by atoms with Crippen molar-refractivity contribution in [3.05, 3.63) is 57.0 Å². The van der Waals surface area contributed by atoms with E-state index in [1.807, 2.05) is 32.0 Å². The molecule has 0 atom stereocenters. The molecule has 2 rings (SSSR count). The van der Waals surface area contributed by atoms with Gasteiger partial charge in [-0.15, -0.1) is 0 Å². The highest BCUT2D eigenvalue weighted by atomic mass is 79.9. The second kappa shape index (κ2) is 6.81. The molecular formula is C17H16BrClO4. The SMILES string of the molecule is COC(=O)Oc1ccc(C(C)(C)c2ccc(O)c(Cl)c2)cc1Br. The average Bonchev–Trinajstić information content (AvgIpc) is 2.51. The zero-order valence-corrected chi connectivity index (χ0v) is 15.2. The van der Waals surface area contributed by atoms with Gasteiger partial charge in [-0.05, 0) is 51.3 Å². The van der Waals surface area contributed by atoms with Crippen molar-refractivity contribution in [3.63, 3.8) is 0 Å². The summed E-state index contributed by atoms with van der Waals surface area (Å²) in [7, 11) is 1.25. The van der Waals surface area contributed by atoms with Gasteiger partial charge in [0.1, 0.15) is 11.5 Å². The Bertz CT molecular complexity index is 743. The van der Waals surface area contributed by atoms with E-state index >= 15 is 0 Å². The zero-order chi connectivity index (χ0) is 17.2. The minimum atomic E-state index is -0.775. The van der Waals surface area contributed by atoms with Crippen LogP contribution in [0.5, 0.6) is 11.5 Å². The number of rotatable bonds is 3. The zero-order valence-electron chi connectivity index (χ0n) is 12.9. The summed E-state index contributed by atoms with van der Waals surface area (Å²) in [5, 5.41) is 9.87. The second-order valence-electron chi connectivity index (χ2n) is 5.49. The summed E-state index contributed by atoms with van der Waals surface area (Å²) in [6, 6.07) is 10.6. The van der Waals surface area contributed by atoms with Crippen LogP contribution in [0.15, 0.2) is 40.9 Å². The summed E-state index contributed by atoms with van der Waals surface area (Å²) < 4.78 is 10.2. The molecule has 0 heterocycles. The average molecular weight is 400 g/mol. The van der Waals surface area contributed by atoms with Gasteiger partial charge in [-0.25, -0.2) is 4.79 Å². The Kier molecular flexibility index (Phi) is 5.22. The molecule has 0 aliphatic heterocycles. The molecule has 0 saturated heterocycles. The van der Waals surface area contributed by atoms with E-state index in [0.29, 0.717) is 15.2 Å². The maximum atomic E-state index is 11.2. The van der Waals surface area contributed by atoms with Gasteiger partial charge >= 0.3 is 6.16 Å². The molecule has 0 bridgehead atoms. The minimum Gasteiger partial charge on any atom is -0.506 e. The summed E-state index contributed by atoms with van der Waals surface area (Å²) in [5.41, 5.74) is 1.58. The number of benzene rings is 2. The Hall–Kier alpha value is -1.72. The van der Waals surface area contributed by atoms with E-state index in [-0.39, 0.29) is 11.2 Å². The topological polar surface area (TPSA) is 55.8 Å². The van der Waals surface area contributed by atoms with Crippen LogP contribution in [-0.2, 0) is 10.2 Å². The van der Waals surface area contributed by atoms with E-state index in [9.17, 15) is 9.90 Å². The van der Waals surface area contributed by atoms with Gasteiger partial charge in [-0.1, -0.05) is 37.6 Å². The highest BCUT2D eigenvalue weighted by Crippen LogP contribution is 2.38. The van der Waals surface area contributed by atoms with E-state index in [0.717, 1.165) is 11.1 Å². The van der Waals surface area contributed by atoms with Gasteiger partial charge in [-0.2, -0.15) is 0 Å². The first kappa shape index (κ1) is 17.6. The number of phenols is 1. The Morgan fingerprint density at radius 1 is 1.17 bits per heavy atom. The molecule has 0 aromatic heterocycles. The number of methoxy groups -OCH3 is 1. The van der Waals surface area contributed by atoms with Crippen molar-refractivity contribution < 1.29 is 19.4 Å². The molecule has 0 aliphatic rings. The fourth-order valence-corrected chi connectivity index (χ4v) is 2.81. The Balaban J connectivity index is 2.38. The number of hydrogen-bond acceptors (Lipinski definition) is 4. The van der Waals surface area contributed by atoms with Crippen LogP contribution >= 0.6 is 27.5 Å². The summed E-state index contributed by atoms with van der Waals surface area (Å²) >= 11 is 9.40. The van der Waals surface area contributed by atoms with Crippen LogP contribution in [-0.4, -0.2) is 18.4 Å². The molecule has 4 nitrogen and oxygen atoms in total. The molecule has 0 unspecified atom stereocenters. The van der Waals surface area contributed by atoms with Crippen LogP contribution < -0.4 is 4.74 Å². The molecule has 0 fully saturated rings. The normalized spacial score (nSPS) is 11.2. The number of aromatic hydroxyl groups is 1. The fourth-order valence-electron chi connectivity index (χ4n) is 2.17. The van der Waals surface area contributed by atoms with Gasteiger partial charge in [0.15, 0.2) is 0 Å². The van der Waals surface area contributed by atoms with Gasteiger partial charge in [-0.3, -0.25) is 0 Å². The van der Waals surface area contributed by atoms with E-state index in [4.69, 9.17) is 16.3 Å². The predicted octanol–water partition coefficient (Wildman–Crippen LogP) is 5.28. The molecule has 2 aromatic rings. The van der Waals surface area contributed by atoms with Crippen LogP contribution in [0.3, 0.4) is 0 Å². The van der Waals surface area contributed by atoms with E-state index in [1.54, 1.807) is 18.2 Å². The van der Waals surface area contributed by atoms with Gasteiger partial charge in [0.2, 0.25) is 0 Å². The number of hydrogen-bond donors (Lipinski definition) is 1. The van der Waals surface area contributed by atoms with E-state index in [2.05, 4.69) is 20.7 Å². The van der Waals surface area contributed by atoms with Gasteiger partial charge in [0, 0.05) is 5.41 Å². The summed E-state index contributed by atoms with van der Waals surface area (Å²) in [6.07, 6.45) is -0.775. The van der Waals surface area contributed by atoms with Crippen LogP contribution in [0.4, 0.5) is 4.79 Å². The van der Waals surface area contributed by atoms with Crippen molar-refractivity contribution in [1.29, 1.82) is 0 Å². The lowest BCUT2D eigenvalue weighted by Crippen LogP contribution is -2.19. The third kappa shape index (κ3) is 3.79. The first-order valence-electron chi connectivity index (χ1n) is 6.80. The van der Waals surface area contributed by atoms with Crippen molar-refractivity contribution in [2.24, 2.45) is 0 Å². The third-order valence-corrected chi connectivity index (χ3v) is 4.61. The van der Waals surface area contributed by atoms with Gasteiger partial charge in [0.05, 0.1) is 16.6 Å². The molecule has 0 aliphatic carbocycles. The Labute approximate surface area is 148 Å². The molecule has 122 valence electrons. The van der Waals surface area contributed by atoms with Crippen molar-refractivity contribution in [3.8, 4) is 11.5 Å². The monoisotopic (exact) mass is 398 g/mol. The quantitative estimate of drug-likeness (QED) is 0.563. The number of carbonyl (C=O) groups is 1. The fraction of sp³-hybridized carbons (Fsp3) is 0.235. The number of halogens is 2. The highest BCUT2D eigenvalue weighted by molar-refractivity contribution is 9.10. The summed E-state index contributed by atoms with van der Waals surface area (Å²) in [5.74, 6) is 0.425. The maximum absolute atomic E-state index is 11.2. The first-order chi connectivity index (χ1) is 10.8. The lowest BCUT2D eigenvalue weighted by Gasteiger charge is -2.27. The van der Waals surface area contributed by atoms with Crippen LogP contribution in [0, 0.1) is 0 Å². The molecule has 0 radical (unpaired) electrons. The lowest BCUT2D eigenvalue weighted by atomic mass is 9.78. The first-order valence-corrected chi connectivity index (χ1v) is 7.97. The largest absolute Gasteiger partial charge is 0.513 e. The van der Waals surface area contributed by atoms with Crippen molar-refractivity contribution in [2.75, 3.05) is 7.11 Å². The molecule has 1 N–H and O–H groups in total. The Morgan fingerprint density at radius 2 is 1.78 bits per heavy atom. The molecule has 6 heteroatoms. The van der Waals surface area contributed by atoms with Crippen molar-refractivity contribution >= 4 is 33.7 Å². The number of phenolic OH excluding ortho intramolecular Hbond substituents is 1. The Morgan fingerprint density at radius 3 is 2.35 bits per heavy atom. The highest BCUT2D eigenvalue weighted by Gasteiger charge is 2.25. The summed E-state index contributed by atoms with van der Waals surface area (Å²) in [4.78, 5) is 11.2. The molecule has 0 amide bonds. The number of ether oxygens (including phenoxy) is 2. The standard InChI is InChI=1S/C17H16BrClO4/c1-17(2,11-4-6-14(20)13(19)9-11)10-5-7-15(12(18)8-10)23-16(21)22-3/h4-9,20H,1-3H3. The number of carbonyl (C=O) groups excluding carboxylic acids is 1. The smallest absolute Gasteiger partial charge is 0.506 e.